The van der Waals surface area contributed by atoms with Gasteiger partial charge in [-0.1, -0.05) is 13.3 Å². The summed E-state index contributed by atoms with van der Waals surface area (Å²) in [6.45, 7) is 4.27. The Morgan fingerprint density at radius 2 is 2.07 bits per heavy atom. The van der Waals surface area contributed by atoms with E-state index in [1.807, 2.05) is 0 Å². The summed E-state index contributed by atoms with van der Waals surface area (Å²) in [6.07, 6.45) is 3.57. The molecule has 2 heterocycles. The molecular weight excluding hydrogens is 388 g/mol. The van der Waals surface area contributed by atoms with Crippen molar-refractivity contribution < 1.29 is 28.6 Å². The van der Waals surface area contributed by atoms with Gasteiger partial charge >= 0.3 is 5.97 Å². The van der Waals surface area contributed by atoms with Crippen LogP contribution in [-0.4, -0.2) is 67.7 Å². The molecule has 8 nitrogen and oxygen atoms in total. The first-order valence-electron chi connectivity index (χ1n) is 10.7. The predicted octanol–water partition coefficient (Wildman–Crippen LogP) is 1.92. The Hall–Kier alpha value is -2.61. The summed E-state index contributed by atoms with van der Waals surface area (Å²) in [4.78, 5) is 39.1. The zero-order valence-electron chi connectivity index (χ0n) is 17.4. The highest BCUT2D eigenvalue weighted by molar-refractivity contribution is 5.99. The molecule has 0 unspecified atom stereocenters. The number of amides is 2. The smallest absolute Gasteiger partial charge is 0.308 e. The van der Waals surface area contributed by atoms with Crippen LogP contribution < -0.4 is 10.1 Å². The molecule has 164 valence electrons. The number of nitrogens with zero attached hydrogens (tertiary/aromatic N) is 1. The van der Waals surface area contributed by atoms with Crippen LogP contribution in [-0.2, 0) is 19.1 Å². The highest BCUT2D eigenvalue weighted by Gasteiger charge is 2.35. The van der Waals surface area contributed by atoms with Gasteiger partial charge in [0.1, 0.15) is 18.4 Å². The largest absolute Gasteiger partial charge is 0.494 e. The molecule has 0 radical (unpaired) electrons. The van der Waals surface area contributed by atoms with E-state index >= 15 is 0 Å². The average Bonchev–Trinajstić information content (AvgIpc) is 3.28. The summed E-state index contributed by atoms with van der Waals surface area (Å²) in [6, 6.07) is 5.98. The SMILES string of the molecule is CCCCOc1ccc(C(=O)N2CCNC(=O)[C@H]2CC(=O)OC[C@H]2CCCO2)cc1. The molecule has 3 rings (SSSR count). The second kappa shape index (κ2) is 11.0. The van der Waals surface area contributed by atoms with Gasteiger partial charge in [0.15, 0.2) is 0 Å². The molecular formula is C22H30N2O6. The summed E-state index contributed by atoms with van der Waals surface area (Å²) >= 11 is 0. The fourth-order valence-electron chi connectivity index (χ4n) is 3.53. The van der Waals surface area contributed by atoms with Gasteiger partial charge in [0.25, 0.3) is 5.91 Å². The lowest BCUT2D eigenvalue weighted by Crippen LogP contribution is -2.57. The summed E-state index contributed by atoms with van der Waals surface area (Å²) in [5.74, 6) is -0.444. The highest BCUT2D eigenvalue weighted by atomic mass is 16.6. The maximum atomic E-state index is 13.0. The molecule has 0 bridgehead atoms. The maximum Gasteiger partial charge on any atom is 0.308 e. The fourth-order valence-corrected chi connectivity index (χ4v) is 3.53. The van der Waals surface area contributed by atoms with Crippen LogP contribution in [0.25, 0.3) is 0 Å². The van der Waals surface area contributed by atoms with Crippen molar-refractivity contribution in [1.82, 2.24) is 10.2 Å². The first-order valence-corrected chi connectivity index (χ1v) is 10.7. The Bertz CT molecular complexity index is 730. The van der Waals surface area contributed by atoms with E-state index in [0.29, 0.717) is 37.6 Å². The maximum absolute atomic E-state index is 13.0. The number of hydrogen-bond donors (Lipinski definition) is 1. The first-order chi connectivity index (χ1) is 14.6. The third-order valence-electron chi connectivity index (χ3n) is 5.27. The number of ether oxygens (including phenoxy) is 3. The number of carbonyl (C=O) groups is 3. The van der Waals surface area contributed by atoms with Crippen LogP contribution in [0.4, 0.5) is 0 Å². The number of piperazine rings is 1. The van der Waals surface area contributed by atoms with Crippen molar-refractivity contribution in [2.75, 3.05) is 32.9 Å². The molecule has 2 saturated heterocycles. The van der Waals surface area contributed by atoms with Gasteiger partial charge in [-0.15, -0.1) is 0 Å². The molecule has 2 amide bonds. The van der Waals surface area contributed by atoms with Crippen molar-refractivity contribution in [2.24, 2.45) is 0 Å². The number of esters is 1. The molecule has 30 heavy (non-hydrogen) atoms. The number of carbonyl (C=O) groups excluding carboxylic acids is 3. The summed E-state index contributed by atoms with van der Waals surface area (Å²) in [7, 11) is 0. The first kappa shape index (κ1) is 22.1. The number of unbranched alkanes of at least 4 members (excludes halogenated alkanes) is 1. The van der Waals surface area contributed by atoms with Gasteiger partial charge < -0.3 is 24.4 Å². The summed E-state index contributed by atoms with van der Waals surface area (Å²) in [5, 5.41) is 2.72. The Balaban J connectivity index is 1.59. The minimum atomic E-state index is -0.885. The van der Waals surface area contributed by atoms with Crippen LogP contribution in [0.3, 0.4) is 0 Å². The van der Waals surface area contributed by atoms with Crippen molar-refractivity contribution in [3.8, 4) is 5.75 Å². The fraction of sp³-hybridized carbons (Fsp3) is 0.591. The van der Waals surface area contributed by atoms with Crippen LogP contribution >= 0.6 is 0 Å². The molecule has 2 fully saturated rings. The van der Waals surface area contributed by atoms with E-state index < -0.39 is 12.0 Å². The average molecular weight is 418 g/mol. The van der Waals surface area contributed by atoms with E-state index in [-0.39, 0.29) is 30.9 Å². The minimum absolute atomic E-state index is 0.0788. The van der Waals surface area contributed by atoms with Gasteiger partial charge in [-0.25, -0.2) is 0 Å². The third-order valence-corrected chi connectivity index (χ3v) is 5.27. The van der Waals surface area contributed by atoms with Crippen molar-refractivity contribution in [3.63, 3.8) is 0 Å². The van der Waals surface area contributed by atoms with Crippen LogP contribution in [0.2, 0.25) is 0 Å². The monoisotopic (exact) mass is 418 g/mol. The number of hydrogen-bond acceptors (Lipinski definition) is 6. The van der Waals surface area contributed by atoms with E-state index in [0.717, 1.165) is 25.7 Å². The van der Waals surface area contributed by atoms with Crippen LogP contribution in [0.1, 0.15) is 49.4 Å². The lowest BCUT2D eigenvalue weighted by molar-refractivity contribution is -0.150. The second-order valence-electron chi connectivity index (χ2n) is 7.55. The number of nitrogens with one attached hydrogen (secondary N) is 1. The van der Waals surface area contributed by atoms with Crippen molar-refractivity contribution in [3.05, 3.63) is 29.8 Å². The highest BCUT2D eigenvalue weighted by Crippen LogP contribution is 2.19. The van der Waals surface area contributed by atoms with E-state index in [1.54, 1.807) is 24.3 Å². The van der Waals surface area contributed by atoms with Gasteiger partial charge in [-0.3, -0.25) is 14.4 Å². The Labute approximate surface area is 176 Å². The van der Waals surface area contributed by atoms with E-state index in [1.165, 1.54) is 4.90 Å². The van der Waals surface area contributed by atoms with Crippen LogP contribution in [0, 0.1) is 0 Å². The van der Waals surface area contributed by atoms with Gasteiger partial charge in [0.05, 0.1) is 19.1 Å². The zero-order valence-corrected chi connectivity index (χ0v) is 17.4. The van der Waals surface area contributed by atoms with Gasteiger partial charge in [-0.05, 0) is 43.5 Å². The molecule has 0 aliphatic carbocycles. The van der Waals surface area contributed by atoms with E-state index in [4.69, 9.17) is 14.2 Å². The molecule has 0 saturated carbocycles. The quantitative estimate of drug-likeness (QED) is 0.486. The standard InChI is InChI=1S/C22H30N2O6/c1-2-3-12-28-17-8-6-16(7-9-17)22(27)24-11-10-23-21(26)19(24)14-20(25)30-15-18-5-4-13-29-18/h6-9,18-19H,2-5,10-15H2,1H3,(H,23,26)/t18-,19-/m1/s1. The molecule has 1 aromatic carbocycles. The molecule has 2 aliphatic rings. The third kappa shape index (κ3) is 5.95. The summed E-state index contributed by atoms with van der Waals surface area (Å²) in [5.41, 5.74) is 0.449. The molecule has 1 N–H and O–H groups in total. The van der Waals surface area contributed by atoms with Crippen molar-refractivity contribution in [1.29, 1.82) is 0 Å². The lowest BCUT2D eigenvalue weighted by Gasteiger charge is -2.34. The van der Waals surface area contributed by atoms with Crippen LogP contribution in [0.15, 0.2) is 24.3 Å². The van der Waals surface area contributed by atoms with Gasteiger partial charge in [-0.2, -0.15) is 0 Å². The zero-order chi connectivity index (χ0) is 21.3. The molecule has 8 heteroatoms. The Morgan fingerprint density at radius 3 is 2.77 bits per heavy atom. The summed E-state index contributed by atoms with van der Waals surface area (Å²) < 4.78 is 16.3. The number of rotatable bonds is 9. The van der Waals surface area contributed by atoms with Crippen molar-refractivity contribution in [2.45, 2.75) is 51.2 Å². The van der Waals surface area contributed by atoms with E-state index in [9.17, 15) is 14.4 Å². The van der Waals surface area contributed by atoms with Crippen molar-refractivity contribution >= 4 is 17.8 Å². The topological polar surface area (TPSA) is 94.2 Å². The second-order valence-corrected chi connectivity index (χ2v) is 7.55. The predicted molar refractivity (Wildman–Crippen MR) is 109 cm³/mol. The molecule has 0 aromatic heterocycles. The van der Waals surface area contributed by atoms with Gasteiger partial charge in [0.2, 0.25) is 5.91 Å². The van der Waals surface area contributed by atoms with Crippen LogP contribution in [0.5, 0.6) is 5.75 Å². The number of benzene rings is 1. The molecule has 1 aromatic rings. The molecule has 2 aliphatic heterocycles. The molecule has 2 atom stereocenters. The normalized spacial score (nSPS) is 21.2. The minimum Gasteiger partial charge on any atom is -0.494 e. The molecule has 0 spiro atoms. The van der Waals surface area contributed by atoms with Gasteiger partial charge in [0, 0.05) is 25.3 Å². The van der Waals surface area contributed by atoms with E-state index in [2.05, 4.69) is 12.2 Å². The Morgan fingerprint density at radius 1 is 1.27 bits per heavy atom. The Kier molecular flexibility index (Phi) is 8.07. The lowest BCUT2D eigenvalue weighted by atomic mass is 10.1.